The van der Waals surface area contributed by atoms with Gasteiger partial charge in [0.15, 0.2) is 11.6 Å². The van der Waals surface area contributed by atoms with Gasteiger partial charge in [0.25, 0.3) is 5.69 Å². The summed E-state index contributed by atoms with van der Waals surface area (Å²) in [5.74, 6) is -2.13. The second kappa shape index (κ2) is 6.62. The monoisotopic (exact) mass is 356 g/mol. The molecule has 0 saturated carbocycles. The van der Waals surface area contributed by atoms with Gasteiger partial charge >= 0.3 is 0 Å². The minimum absolute atomic E-state index is 0.221. The predicted octanol–water partition coefficient (Wildman–Crippen LogP) is 3.22. The number of halogens is 2. The number of benzene rings is 2. The molecule has 0 bridgehead atoms. The minimum Gasteiger partial charge on any atom is -0.258 e. The number of sulfonamides is 1. The standard InChI is InChI=1S/C15H14F2N2O4S/c1-9-3-5-12(8-15(9)19(20)21)24(22,23)18-10(2)11-4-6-13(16)14(17)7-11/h3-8,10,18H,1-2H3/t10-/m0/s1. The highest BCUT2D eigenvalue weighted by Crippen LogP contribution is 2.24. The molecule has 24 heavy (non-hydrogen) atoms. The number of aryl methyl sites for hydroxylation is 1. The zero-order valence-electron chi connectivity index (χ0n) is 12.8. The van der Waals surface area contributed by atoms with Crippen LogP contribution in [-0.4, -0.2) is 13.3 Å². The first-order valence-electron chi connectivity index (χ1n) is 6.84. The lowest BCUT2D eigenvalue weighted by Gasteiger charge is -2.15. The van der Waals surface area contributed by atoms with Crippen molar-refractivity contribution in [1.82, 2.24) is 4.72 Å². The molecule has 1 atom stereocenters. The van der Waals surface area contributed by atoms with Gasteiger partial charge in [0.1, 0.15) is 0 Å². The molecular formula is C15H14F2N2O4S. The zero-order valence-corrected chi connectivity index (χ0v) is 13.6. The average Bonchev–Trinajstić information content (AvgIpc) is 2.49. The number of nitro benzene ring substituents is 1. The van der Waals surface area contributed by atoms with E-state index in [9.17, 15) is 27.3 Å². The van der Waals surface area contributed by atoms with Crippen LogP contribution in [0.3, 0.4) is 0 Å². The summed E-state index contributed by atoms with van der Waals surface area (Å²) < 4.78 is 53.2. The number of nitrogens with one attached hydrogen (secondary N) is 1. The first kappa shape index (κ1) is 18.0. The molecule has 2 aromatic carbocycles. The van der Waals surface area contributed by atoms with Crippen LogP contribution in [0.5, 0.6) is 0 Å². The molecule has 128 valence electrons. The van der Waals surface area contributed by atoms with Crippen LogP contribution in [0, 0.1) is 28.7 Å². The lowest BCUT2D eigenvalue weighted by molar-refractivity contribution is -0.385. The highest BCUT2D eigenvalue weighted by atomic mass is 32.2. The van der Waals surface area contributed by atoms with Crippen molar-refractivity contribution in [1.29, 1.82) is 0 Å². The van der Waals surface area contributed by atoms with Crippen LogP contribution in [0.15, 0.2) is 41.3 Å². The number of hydrogen-bond donors (Lipinski definition) is 1. The van der Waals surface area contributed by atoms with E-state index in [0.717, 1.165) is 18.2 Å². The molecule has 0 unspecified atom stereocenters. The first-order chi connectivity index (χ1) is 11.1. The van der Waals surface area contributed by atoms with Crippen molar-refractivity contribution >= 4 is 15.7 Å². The summed E-state index contributed by atoms with van der Waals surface area (Å²) in [6, 6.07) is 5.70. The molecule has 0 heterocycles. The van der Waals surface area contributed by atoms with Crippen molar-refractivity contribution in [2.45, 2.75) is 24.8 Å². The number of nitrogens with zero attached hydrogens (tertiary/aromatic N) is 1. The van der Waals surface area contributed by atoms with E-state index in [4.69, 9.17) is 0 Å². The van der Waals surface area contributed by atoms with Gasteiger partial charge in [0.05, 0.1) is 9.82 Å². The molecule has 0 aliphatic carbocycles. The molecule has 0 saturated heterocycles. The molecule has 0 radical (unpaired) electrons. The summed E-state index contributed by atoms with van der Waals surface area (Å²) in [6.45, 7) is 2.94. The topological polar surface area (TPSA) is 89.3 Å². The third-order valence-electron chi connectivity index (χ3n) is 3.46. The second-order valence-electron chi connectivity index (χ2n) is 5.22. The van der Waals surface area contributed by atoms with Crippen LogP contribution in [0.2, 0.25) is 0 Å². The van der Waals surface area contributed by atoms with Crippen LogP contribution >= 0.6 is 0 Å². The van der Waals surface area contributed by atoms with Crippen LogP contribution in [0.1, 0.15) is 24.1 Å². The molecule has 0 fully saturated rings. The van der Waals surface area contributed by atoms with E-state index in [2.05, 4.69) is 4.72 Å². The normalized spacial score (nSPS) is 12.8. The van der Waals surface area contributed by atoms with Crippen LogP contribution in [0.25, 0.3) is 0 Å². The van der Waals surface area contributed by atoms with Gasteiger partial charge in [0, 0.05) is 17.7 Å². The second-order valence-corrected chi connectivity index (χ2v) is 6.94. The molecule has 0 amide bonds. The van der Waals surface area contributed by atoms with Crippen LogP contribution in [-0.2, 0) is 10.0 Å². The predicted molar refractivity (Wildman–Crippen MR) is 82.9 cm³/mol. The van der Waals surface area contributed by atoms with E-state index in [0.29, 0.717) is 5.56 Å². The van der Waals surface area contributed by atoms with Gasteiger partial charge in [0.2, 0.25) is 10.0 Å². The van der Waals surface area contributed by atoms with E-state index in [1.54, 1.807) is 0 Å². The smallest absolute Gasteiger partial charge is 0.258 e. The van der Waals surface area contributed by atoms with Crippen molar-refractivity contribution in [2.75, 3.05) is 0 Å². The van der Waals surface area contributed by atoms with Crippen LogP contribution in [0.4, 0.5) is 14.5 Å². The van der Waals surface area contributed by atoms with Crippen molar-refractivity contribution in [3.63, 3.8) is 0 Å². The van der Waals surface area contributed by atoms with Gasteiger partial charge in [-0.15, -0.1) is 0 Å². The van der Waals surface area contributed by atoms with Gasteiger partial charge in [-0.05, 0) is 37.6 Å². The summed E-state index contributed by atoms with van der Waals surface area (Å²) in [6.07, 6.45) is 0. The maximum Gasteiger partial charge on any atom is 0.273 e. The Kier molecular flexibility index (Phi) is 4.95. The fraction of sp³-hybridized carbons (Fsp3) is 0.200. The van der Waals surface area contributed by atoms with Crippen molar-refractivity contribution in [3.8, 4) is 0 Å². The molecule has 0 aliphatic rings. The fourth-order valence-electron chi connectivity index (χ4n) is 2.10. The van der Waals surface area contributed by atoms with Crippen LogP contribution < -0.4 is 4.72 Å². The summed E-state index contributed by atoms with van der Waals surface area (Å²) >= 11 is 0. The first-order valence-corrected chi connectivity index (χ1v) is 8.32. The maximum atomic E-state index is 13.3. The largest absolute Gasteiger partial charge is 0.273 e. The molecule has 0 aliphatic heterocycles. The molecule has 0 aromatic heterocycles. The molecule has 9 heteroatoms. The van der Waals surface area contributed by atoms with E-state index >= 15 is 0 Å². The maximum absolute atomic E-state index is 13.3. The third-order valence-corrected chi connectivity index (χ3v) is 5.00. The van der Waals surface area contributed by atoms with Gasteiger partial charge in [-0.3, -0.25) is 10.1 Å². The third kappa shape index (κ3) is 3.74. The SMILES string of the molecule is Cc1ccc(S(=O)(=O)N[C@@H](C)c2ccc(F)c(F)c2)cc1[N+](=O)[O-]. The number of rotatable bonds is 5. The van der Waals surface area contributed by atoms with E-state index in [-0.39, 0.29) is 16.1 Å². The Morgan fingerprint density at radius 3 is 2.38 bits per heavy atom. The minimum atomic E-state index is -4.07. The Labute approximate surface area is 137 Å². The van der Waals surface area contributed by atoms with Gasteiger partial charge in [-0.1, -0.05) is 12.1 Å². The van der Waals surface area contributed by atoms with Gasteiger partial charge < -0.3 is 0 Å². The lowest BCUT2D eigenvalue weighted by atomic mass is 10.1. The Hall–Kier alpha value is -2.39. The van der Waals surface area contributed by atoms with Gasteiger partial charge in [-0.25, -0.2) is 21.9 Å². The average molecular weight is 356 g/mol. The Balaban J connectivity index is 2.32. The Morgan fingerprint density at radius 1 is 1.12 bits per heavy atom. The molecular weight excluding hydrogens is 342 g/mol. The summed E-state index contributed by atoms with van der Waals surface area (Å²) in [4.78, 5) is 9.97. The van der Waals surface area contributed by atoms with Crippen molar-refractivity contribution < 1.29 is 22.1 Å². The molecule has 0 spiro atoms. The lowest BCUT2D eigenvalue weighted by Crippen LogP contribution is -2.27. The highest BCUT2D eigenvalue weighted by molar-refractivity contribution is 7.89. The van der Waals surface area contributed by atoms with E-state index in [1.807, 2.05) is 0 Å². The highest BCUT2D eigenvalue weighted by Gasteiger charge is 2.22. The molecule has 2 aromatic rings. The summed E-state index contributed by atoms with van der Waals surface area (Å²) in [5, 5.41) is 10.9. The quantitative estimate of drug-likeness (QED) is 0.658. The number of hydrogen-bond acceptors (Lipinski definition) is 4. The summed E-state index contributed by atoms with van der Waals surface area (Å²) in [7, 11) is -4.07. The number of nitro groups is 1. The van der Waals surface area contributed by atoms with Crippen molar-refractivity contribution in [3.05, 3.63) is 69.3 Å². The van der Waals surface area contributed by atoms with Crippen molar-refractivity contribution in [2.24, 2.45) is 0 Å². The Morgan fingerprint density at radius 2 is 1.79 bits per heavy atom. The fourth-order valence-corrected chi connectivity index (χ4v) is 3.36. The molecule has 2 rings (SSSR count). The van der Waals surface area contributed by atoms with Gasteiger partial charge in [-0.2, -0.15) is 0 Å². The Bertz CT molecular complexity index is 900. The molecule has 6 nitrogen and oxygen atoms in total. The zero-order chi connectivity index (χ0) is 18.1. The van der Waals surface area contributed by atoms with E-state index in [1.165, 1.54) is 32.0 Å². The summed E-state index contributed by atoms with van der Waals surface area (Å²) in [5.41, 5.74) is 0.227. The van der Waals surface area contributed by atoms with E-state index < -0.39 is 32.6 Å². The molecule has 1 N–H and O–H groups in total.